The zero-order valence-corrected chi connectivity index (χ0v) is 8.45. The van der Waals surface area contributed by atoms with Crippen molar-refractivity contribution in [2.75, 3.05) is 0 Å². The Morgan fingerprint density at radius 3 is 2.08 bits per heavy atom. The lowest BCUT2D eigenvalue weighted by molar-refractivity contribution is -0.0809. The zero-order chi connectivity index (χ0) is 9.56. The van der Waals surface area contributed by atoms with Crippen molar-refractivity contribution in [3.8, 4) is 0 Å². The molecular weight excluding hydrogens is 152 g/mol. The lowest BCUT2D eigenvalue weighted by Gasteiger charge is -2.14. The summed E-state index contributed by atoms with van der Waals surface area (Å²) in [5.74, 6) is 0.794. The van der Waals surface area contributed by atoms with E-state index in [1.165, 1.54) is 12.8 Å². The van der Waals surface area contributed by atoms with E-state index in [-0.39, 0.29) is 5.92 Å². The maximum absolute atomic E-state index is 8.80. The maximum Gasteiger partial charge on any atom is 0.154 e. The predicted octanol–water partition coefficient (Wildman–Crippen LogP) is 2.15. The van der Waals surface area contributed by atoms with Crippen LogP contribution in [-0.4, -0.2) is 16.5 Å². The van der Waals surface area contributed by atoms with Gasteiger partial charge < -0.3 is 10.2 Å². The second-order valence-corrected chi connectivity index (χ2v) is 3.84. The van der Waals surface area contributed by atoms with Gasteiger partial charge in [-0.1, -0.05) is 40.0 Å². The van der Waals surface area contributed by atoms with E-state index >= 15 is 0 Å². The highest BCUT2D eigenvalue weighted by atomic mass is 16.5. The number of rotatable bonds is 6. The van der Waals surface area contributed by atoms with Gasteiger partial charge in [0.15, 0.2) is 6.29 Å². The fourth-order valence-corrected chi connectivity index (χ4v) is 1.14. The first-order valence-corrected chi connectivity index (χ1v) is 4.94. The first kappa shape index (κ1) is 11.9. The van der Waals surface area contributed by atoms with E-state index in [2.05, 4.69) is 13.8 Å². The van der Waals surface area contributed by atoms with Crippen LogP contribution in [0.1, 0.15) is 46.5 Å². The molecule has 0 aliphatic rings. The molecular formula is C10H22O2. The molecule has 12 heavy (non-hydrogen) atoms. The van der Waals surface area contributed by atoms with Crippen LogP contribution in [0.2, 0.25) is 0 Å². The third kappa shape index (κ3) is 5.56. The highest BCUT2D eigenvalue weighted by molar-refractivity contribution is 4.57. The van der Waals surface area contributed by atoms with Gasteiger partial charge >= 0.3 is 0 Å². The fourth-order valence-electron chi connectivity index (χ4n) is 1.14. The molecule has 2 heteroatoms. The van der Waals surface area contributed by atoms with Gasteiger partial charge in [-0.15, -0.1) is 0 Å². The molecule has 0 amide bonds. The molecule has 0 aromatic carbocycles. The van der Waals surface area contributed by atoms with E-state index in [4.69, 9.17) is 10.2 Å². The Kier molecular flexibility index (Phi) is 6.39. The van der Waals surface area contributed by atoms with Crippen LogP contribution in [0.25, 0.3) is 0 Å². The third-order valence-electron chi connectivity index (χ3n) is 2.56. The average molecular weight is 174 g/mol. The molecule has 0 bridgehead atoms. The summed E-state index contributed by atoms with van der Waals surface area (Å²) in [6.45, 7) is 6.30. The summed E-state index contributed by atoms with van der Waals surface area (Å²) in [6, 6.07) is 0. The van der Waals surface area contributed by atoms with Crippen molar-refractivity contribution in [3.63, 3.8) is 0 Å². The van der Waals surface area contributed by atoms with Gasteiger partial charge in [0.2, 0.25) is 0 Å². The summed E-state index contributed by atoms with van der Waals surface area (Å²) in [7, 11) is 0. The van der Waals surface area contributed by atoms with E-state index in [9.17, 15) is 0 Å². The van der Waals surface area contributed by atoms with Crippen LogP contribution < -0.4 is 0 Å². The molecule has 0 saturated heterocycles. The molecule has 0 fully saturated rings. The summed E-state index contributed by atoms with van der Waals surface area (Å²) in [6.07, 6.45) is 3.31. The van der Waals surface area contributed by atoms with Crippen LogP contribution in [0, 0.1) is 11.8 Å². The van der Waals surface area contributed by atoms with Crippen molar-refractivity contribution in [2.24, 2.45) is 11.8 Å². The number of hydrogen-bond donors (Lipinski definition) is 2. The molecule has 2 N–H and O–H groups in total. The predicted molar refractivity (Wildman–Crippen MR) is 50.7 cm³/mol. The van der Waals surface area contributed by atoms with Crippen LogP contribution >= 0.6 is 0 Å². The molecule has 0 aliphatic heterocycles. The van der Waals surface area contributed by atoms with Gasteiger partial charge in [0.1, 0.15) is 0 Å². The minimum absolute atomic E-state index is 0.0223. The first-order valence-electron chi connectivity index (χ1n) is 4.94. The fraction of sp³-hybridized carbons (Fsp3) is 1.00. The topological polar surface area (TPSA) is 40.5 Å². The summed E-state index contributed by atoms with van der Waals surface area (Å²) in [5, 5.41) is 17.6. The molecule has 0 aromatic heterocycles. The van der Waals surface area contributed by atoms with Crippen molar-refractivity contribution in [3.05, 3.63) is 0 Å². The van der Waals surface area contributed by atoms with E-state index < -0.39 is 6.29 Å². The molecule has 0 heterocycles. The lowest BCUT2D eigenvalue weighted by atomic mass is 9.97. The second kappa shape index (κ2) is 6.44. The average Bonchev–Trinajstić information content (AvgIpc) is 2.03. The molecule has 0 saturated carbocycles. The normalized spacial score (nSPS) is 16.5. The van der Waals surface area contributed by atoms with Crippen LogP contribution in [0.5, 0.6) is 0 Å². The van der Waals surface area contributed by atoms with Crippen LogP contribution in [0.3, 0.4) is 0 Å². The van der Waals surface area contributed by atoms with Gasteiger partial charge in [-0.3, -0.25) is 0 Å². The van der Waals surface area contributed by atoms with Crippen LogP contribution in [-0.2, 0) is 0 Å². The van der Waals surface area contributed by atoms with Crippen molar-refractivity contribution < 1.29 is 10.2 Å². The Bertz CT molecular complexity index is 102. The largest absolute Gasteiger partial charge is 0.368 e. The van der Waals surface area contributed by atoms with E-state index in [1.807, 2.05) is 6.92 Å². The Balaban J connectivity index is 3.30. The standard InChI is InChI=1S/C10H22O2/c1-4-8(2)6-5-7-9(3)10(11)12/h8-12H,4-7H2,1-3H3. The molecule has 2 nitrogen and oxygen atoms in total. The SMILES string of the molecule is CCC(C)CCCC(C)C(O)O. The van der Waals surface area contributed by atoms with Crippen molar-refractivity contribution in [1.29, 1.82) is 0 Å². The monoisotopic (exact) mass is 174 g/mol. The second-order valence-electron chi connectivity index (χ2n) is 3.84. The lowest BCUT2D eigenvalue weighted by Crippen LogP contribution is -2.16. The molecule has 74 valence electrons. The summed E-state index contributed by atoms with van der Waals surface area (Å²) in [4.78, 5) is 0. The highest BCUT2D eigenvalue weighted by Crippen LogP contribution is 2.16. The number of aliphatic hydroxyl groups is 2. The summed E-state index contributed by atoms with van der Waals surface area (Å²) in [5.41, 5.74) is 0. The Hall–Kier alpha value is -0.0800. The molecule has 0 aromatic rings. The van der Waals surface area contributed by atoms with Gasteiger partial charge in [-0.25, -0.2) is 0 Å². The first-order chi connectivity index (χ1) is 5.57. The third-order valence-corrected chi connectivity index (χ3v) is 2.56. The molecule has 0 rings (SSSR count). The van der Waals surface area contributed by atoms with Crippen LogP contribution in [0.4, 0.5) is 0 Å². The Morgan fingerprint density at radius 1 is 1.08 bits per heavy atom. The van der Waals surface area contributed by atoms with Crippen LogP contribution in [0.15, 0.2) is 0 Å². The quantitative estimate of drug-likeness (QED) is 0.606. The highest BCUT2D eigenvalue weighted by Gasteiger charge is 2.10. The minimum atomic E-state index is -1.14. The zero-order valence-electron chi connectivity index (χ0n) is 8.45. The van der Waals surface area contributed by atoms with E-state index in [0.29, 0.717) is 0 Å². The molecule has 0 radical (unpaired) electrons. The number of aliphatic hydroxyl groups excluding tert-OH is 1. The van der Waals surface area contributed by atoms with Gasteiger partial charge in [-0.05, 0) is 12.3 Å². The Morgan fingerprint density at radius 2 is 1.67 bits per heavy atom. The summed E-state index contributed by atoms with van der Waals surface area (Å²) < 4.78 is 0. The van der Waals surface area contributed by atoms with E-state index in [0.717, 1.165) is 18.8 Å². The smallest absolute Gasteiger partial charge is 0.154 e. The minimum Gasteiger partial charge on any atom is -0.368 e. The van der Waals surface area contributed by atoms with Crippen molar-refractivity contribution >= 4 is 0 Å². The molecule has 2 unspecified atom stereocenters. The van der Waals surface area contributed by atoms with Gasteiger partial charge in [0, 0.05) is 5.92 Å². The van der Waals surface area contributed by atoms with Gasteiger partial charge in [0.05, 0.1) is 0 Å². The molecule has 0 spiro atoms. The molecule has 2 atom stereocenters. The number of hydrogen-bond acceptors (Lipinski definition) is 2. The van der Waals surface area contributed by atoms with E-state index in [1.54, 1.807) is 0 Å². The van der Waals surface area contributed by atoms with Crippen molar-refractivity contribution in [2.45, 2.75) is 52.7 Å². The van der Waals surface area contributed by atoms with Gasteiger partial charge in [-0.2, -0.15) is 0 Å². The maximum atomic E-state index is 8.80. The molecule has 0 aliphatic carbocycles. The van der Waals surface area contributed by atoms with Gasteiger partial charge in [0.25, 0.3) is 0 Å². The van der Waals surface area contributed by atoms with Crippen molar-refractivity contribution in [1.82, 2.24) is 0 Å². The summed E-state index contributed by atoms with van der Waals surface area (Å²) >= 11 is 0. The Labute approximate surface area is 75.6 Å².